The van der Waals surface area contributed by atoms with Crippen LogP contribution in [0.25, 0.3) is 10.9 Å². The van der Waals surface area contributed by atoms with Gasteiger partial charge in [0, 0.05) is 23.9 Å². The molecule has 2 N–H and O–H groups in total. The van der Waals surface area contributed by atoms with Crippen LogP contribution in [0.3, 0.4) is 0 Å². The van der Waals surface area contributed by atoms with E-state index in [1.165, 1.54) is 6.26 Å². The minimum absolute atomic E-state index is 0.0546. The van der Waals surface area contributed by atoms with E-state index in [4.69, 9.17) is 5.73 Å². The van der Waals surface area contributed by atoms with Gasteiger partial charge in [0.05, 0.1) is 11.3 Å². The normalized spacial score (nSPS) is 13.8. The molecule has 0 spiro atoms. The molecule has 0 fully saturated rings. The van der Waals surface area contributed by atoms with Crippen LogP contribution in [0.1, 0.15) is 11.6 Å². The zero-order valence-electron chi connectivity index (χ0n) is 9.50. The van der Waals surface area contributed by atoms with Gasteiger partial charge in [0.25, 0.3) is 0 Å². The Morgan fingerprint density at radius 2 is 2.06 bits per heavy atom. The summed E-state index contributed by atoms with van der Waals surface area (Å²) in [5, 5.41) is 0.908. The SMILES string of the molecule is CS(=O)(=O)CC(N)c1cccc2ncccc12. The van der Waals surface area contributed by atoms with Gasteiger partial charge < -0.3 is 5.73 Å². The maximum absolute atomic E-state index is 11.3. The zero-order chi connectivity index (χ0) is 12.5. The Hall–Kier alpha value is -1.46. The van der Waals surface area contributed by atoms with Crippen molar-refractivity contribution in [1.29, 1.82) is 0 Å². The summed E-state index contributed by atoms with van der Waals surface area (Å²) >= 11 is 0. The van der Waals surface area contributed by atoms with E-state index in [9.17, 15) is 8.42 Å². The third-order valence-corrected chi connectivity index (χ3v) is 3.53. The summed E-state index contributed by atoms with van der Waals surface area (Å²) in [7, 11) is -3.09. The molecular weight excluding hydrogens is 236 g/mol. The summed E-state index contributed by atoms with van der Waals surface area (Å²) in [5.74, 6) is -0.0546. The molecule has 0 aliphatic carbocycles. The summed E-state index contributed by atoms with van der Waals surface area (Å²) in [6.45, 7) is 0. The molecule has 1 heterocycles. The van der Waals surface area contributed by atoms with Crippen molar-refractivity contribution in [2.24, 2.45) is 5.73 Å². The fourth-order valence-corrected chi connectivity index (χ4v) is 2.70. The third-order valence-electron chi connectivity index (χ3n) is 2.56. The molecular formula is C12H14N2O2S. The van der Waals surface area contributed by atoms with Crippen LogP contribution >= 0.6 is 0 Å². The quantitative estimate of drug-likeness (QED) is 0.890. The molecule has 0 aliphatic heterocycles. The third kappa shape index (κ3) is 2.81. The molecule has 0 saturated heterocycles. The topological polar surface area (TPSA) is 73.0 Å². The molecule has 1 atom stereocenters. The summed E-state index contributed by atoms with van der Waals surface area (Å²) in [6.07, 6.45) is 2.89. The van der Waals surface area contributed by atoms with Gasteiger partial charge in [-0.3, -0.25) is 4.98 Å². The lowest BCUT2D eigenvalue weighted by Gasteiger charge is -2.13. The van der Waals surface area contributed by atoms with Crippen molar-refractivity contribution in [3.05, 3.63) is 42.1 Å². The highest BCUT2D eigenvalue weighted by Gasteiger charge is 2.15. The molecule has 1 aromatic carbocycles. The van der Waals surface area contributed by atoms with Crippen molar-refractivity contribution in [2.45, 2.75) is 6.04 Å². The van der Waals surface area contributed by atoms with Crippen LogP contribution in [0.4, 0.5) is 0 Å². The van der Waals surface area contributed by atoms with Crippen molar-refractivity contribution >= 4 is 20.7 Å². The predicted octanol–water partition coefficient (Wildman–Crippen LogP) is 1.28. The smallest absolute Gasteiger partial charge is 0.149 e. The first-order chi connectivity index (χ1) is 7.97. The van der Waals surface area contributed by atoms with Gasteiger partial charge in [-0.2, -0.15) is 0 Å². The summed E-state index contributed by atoms with van der Waals surface area (Å²) in [4.78, 5) is 4.22. The fourth-order valence-electron chi connectivity index (χ4n) is 1.87. The highest BCUT2D eigenvalue weighted by atomic mass is 32.2. The van der Waals surface area contributed by atoms with Crippen LogP contribution < -0.4 is 5.73 Å². The lowest BCUT2D eigenvalue weighted by atomic mass is 10.0. The number of benzene rings is 1. The monoisotopic (exact) mass is 250 g/mol. The molecule has 5 heteroatoms. The predicted molar refractivity (Wildman–Crippen MR) is 68.4 cm³/mol. The molecule has 17 heavy (non-hydrogen) atoms. The second kappa shape index (κ2) is 4.43. The van der Waals surface area contributed by atoms with Gasteiger partial charge in [0.1, 0.15) is 9.84 Å². The second-order valence-corrected chi connectivity index (χ2v) is 6.30. The number of aromatic nitrogens is 1. The number of nitrogens with two attached hydrogens (primary N) is 1. The van der Waals surface area contributed by atoms with Crippen LogP contribution in [-0.2, 0) is 9.84 Å². The first-order valence-electron chi connectivity index (χ1n) is 5.24. The van der Waals surface area contributed by atoms with Crippen LogP contribution in [0.15, 0.2) is 36.5 Å². The van der Waals surface area contributed by atoms with E-state index in [1.54, 1.807) is 6.20 Å². The van der Waals surface area contributed by atoms with Gasteiger partial charge in [-0.15, -0.1) is 0 Å². The van der Waals surface area contributed by atoms with E-state index in [0.717, 1.165) is 16.5 Å². The first-order valence-corrected chi connectivity index (χ1v) is 7.30. The van der Waals surface area contributed by atoms with E-state index in [-0.39, 0.29) is 5.75 Å². The molecule has 0 aliphatic rings. The van der Waals surface area contributed by atoms with Crippen LogP contribution in [0.5, 0.6) is 0 Å². The molecule has 2 aromatic rings. The van der Waals surface area contributed by atoms with E-state index < -0.39 is 15.9 Å². The number of pyridine rings is 1. The molecule has 90 valence electrons. The molecule has 0 radical (unpaired) electrons. The standard InChI is InChI=1S/C12H14N2O2S/c1-17(15,16)8-11(13)9-4-2-6-12-10(9)5-3-7-14-12/h2-7,11H,8,13H2,1H3. The Morgan fingerprint density at radius 3 is 2.76 bits per heavy atom. The molecule has 1 unspecified atom stereocenters. The Balaban J connectivity index is 2.48. The maximum atomic E-state index is 11.3. The minimum Gasteiger partial charge on any atom is -0.323 e. The van der Waals surface area contributed by atoms with Crippen molar-refractivity contribution < 1.29 is 8.42 Å². The number of nitrogens with zero attached hydrogens (tertiary/aromatic N) is 1. The molecule has 0 bridgehead atoms. The van der Waals surface area contributed by atoms with E-state index in [2.05, 4.69) is 4.98 Å². The number of fused-ring (bicyclic) bond motifs is 1. The van der Waals surface area contributed by atoms with Crippen molar-refractivity contribution in [2.75, 3.05) is 12.0 Å². The average Bonchev–Trinajstić information content (AvgIpc) is 2.26. The molecule has 2 rings (SSSR count). The van der Waals surface area contributed by atoms with E-state index >= 15 is 0 Å². The summed E-state index contributed by atoms with van der Waals surface area (Å²) in [6, 6.07) is 8.77. The van der Waals surface area contributed by atoms with Gasteiger partial charge in [-0.05, 0) is 17.7 Å². The number of hydrogen-bond acceptors (Lipinski definition) is 4. The molecule has 1 aromatic heterocycles. The molecule has 0 saturated carbocycles. The van der Waals surface area contributed by atoms with Gasteiger partial charge >= 0.3 is 0 Å². The zero-order valence-corrected chi connectivity index (χ0v) is 10.3. The molecule has 4 nitrogen and oxygen atoms in total. The van der Waals surface area contributed by atoms with E-state index in [0.29, 0.717) is 0 Å². The summed E-state index contributed by atoms with van der Waals surface area (Å²) in [5.41, 5.74) is 7.59. The Labute approximate surface area is 100 Å². The van der Waals surface area contributed by atoms with Gasteiger partial charge in [-0.25, -0.2) is 8.42 Å². The lowest BCUT2D eigenvalue weighted by molar-refractivity contribution is 0.595. The highest BCUT2D eigenvalue weighted by molar-refractivity contribution is 7.90. The van der Waals surface area contributed by atoms with Crippen LogP contribution in [0, 0.1) is 0 Å². The Bertz CT molecular complexity index is 633. The average molecular weight is 250 g/mol. The maximum Gasteiger partial charge on any atom is 0.149 e. The van der Waals surface area contributed by atoms with Crippen molar-refractivity contribution in [3.63, 3.8) is 0 Å². The molecule has 0 amide bonds. The lowest BCUT2D eigenvalue weighted by Crippen LogP contribution is -2.21. The Morgan fingerprint density at radius 1 is 1.29 bits per heavy atom. The van der Waals surface area contributed by atoms with Gasteiger partial charge in [0.15, 0.2) is 0 Å². The van der Waals surface area contributed by atoms with Crippen LogP contribution in [-0.4, -0.2) is 25.4 Å². The fraction of sp³-hybridized carbons (Fsp3) is 0.250. The Kier molecular flexibility index (Phi) is 3.13. The number of rotatable bonds is 3. The van der Waals surface area contributed by atoms with Crippen molar-refractivity contribution in [3.8, 4) is 0 Å². The van der Waals surface area contributed by atoms with Crippen LogP contribution in [0.2, 0.25) is 0 Å². The highest BCUT2D eigenvalue weighted by Crippen LogP contribution is 2.22. The minimum atomic E-state index is -3.09. The van der Waals surface area contributed by atoms with E-state index in [1.807, 2.05) is 30.3 Å². The van der Waals surface area contributed by atoms with Crippen molar-refractivity contribution in [1.82, 2.24) is 4.98 Å². The van der Waals surface area contributed by atoms with Gasteiger partial charge in [-0.1, -0.05) is 18.2 Å². The summed E-state index contributed by atoms with van der Waals surface area (Å²) < 4.78 is 22.5. The van der Waals surface area contributed by atoms with Gasteiger partial charge in [0.2, 0.25) is 0 Å². The second-order valence-electron chi connectivity index (χ2n) is 4.12. The number of sulfone groups is 1. The number of hydrogen-bond donors (Lipinski definition) is 1. The largest absolute Gasteiger partial charge is 0.323 e. The first kappa shape index (κ1) is 12.0.